The molecular weight excluding hydrogens is 1120 g/mol. The van der Waals surface area contributed by atoms with Gasteiger partial charge < -0.3 is 46.4 Å². The highest BCUT2D eigenvalue weighted by Gasteiger charge is 2.47. The fourth-order valence-electron chi connectivity index (χ4n) is 11.5. The van der Waals surface area contributed by atoms with E-state index in [4.69, 9.17) is 4.74 Å². The molecule has 8 rings (SSSR count). The molecule has 4 aromatic rings. The van der Waals surface area contributed by atoms with Crippen LogP contribution >= 0.6 is 0 Å². The third-order valence-electron chi connectivity index (χ3n) is 16.8. The van der Waals surface area contributed by atoms with Crippen LogP contribution in [-0.4, -0.2) is 160 Å². The molecular formula is C62H84N10O11S2. The Morgan fingerprint density at radius 2 is 0.871 bits per heavy atom. The number of amides is 6. The number of carbonyl (C=O) groups is 6. The molecule has 0 unspecified atom stereocenters. The second-order valence-electron chi connectivity index (χ2n) is 24.8. The minimum Gasteiger partial charge on any atom is -0.457 e. The van der Waals surface area contributed by atoms with Crippen LogP contribution in [0.15, 0.2) is 107 Å². The van der Waals surface area contributed by atoms with Gasteiger partial charge in [0.25, 0.3) is 0 Å². The summed E-state index contributed by atoms with van der Waals surface area (Å²) in [5, 5.41) is 17.8. The number of sulfonamides is 2. The van der Waals surface area contributed by atoms with Gasteiger partial charge >= 0.3 is 0 Å². The summed E-state index contributed by atoms with van der Waals surface area (Å²) in [6.45, 7) is 13.0. The first-order valence-corrected chi connectivity index (χ1v) is 32.2. The normalized spacial score (nSPS) is 21.2. The van der Waals surface area contributed by atoms with Crippen LogP contribution in [0, 0.1) is 10.8 Å². The standard InChI is InChI=1S/C62H84N10O11S2/c1-39(63-9)55(73)67-53(61(3,4)5)59(77)71-35-33-69(37-51(71)57(75)65-49-23-15-19-41-17-11-13-21-47(41)49)84(79,80)45-29-25-43(26-30-45)83-44-27-31-46(32-28-44)85(81,82)70-34-36-72(60(78)54(62(6,7)8)68-56(74)40(2)64-10)52(38-70)58(76)66-50-24-16-20-42-18-12-14-22-48(42)50/h11-14,17-18,21-22,25-32,39-40,49-54,63-64H,15-16,19-20,23-24,33-38H2,1-10H3,(H,65,75)(H,66,76)(H,67,73)(H,68,74)/t39-,40-,49+,50+,51-,52-,53+,54+/m0/s1. The van der Waals surface area contributed by atoms with Crippen molar-refractivity contribution in [1.29, 1.82) is 0 Å². The van der Waals surface area contributed by atoms with Crippen LogP contribution in [0.2, 0.25) is 0 Å². The summed E-state index contributed by atoms with van der Waals surface area (Å²) in [5.74, 6) is -2.39. The van der Waals surface area contributed by atoms with Gasteiger partial charge in [-0.25, -0.2) is 16.8 Å². The summed E-state index contributed by atoms with van der Waals surface area (Å²) in [6.07, 6.45) is 4.68. The van der Waals surface area contributed by atoms with Crippen molar-refractivity contribution in [3.8, 4) is 11.5 Å². The summed E-state index contributed by atoms with van der Waals surface area (Å²) in [7, 11) is -5.29. The van der Waals surface area contributed by atoms with E-state index in [-0.39, 0.29) is 72.6 Å². The molecule has 0 bridgehead atoms. The number of fused-ring (bicyclic) bond motifs is 2. The van der Waals surface area contributed by atoms with Gasteiger partial charge in [0.05, 0.1) is 34.0 Å². The van der Waals surface area contributed by atoms with Crippen molar-refractivity contribution in [2.24, 2.45) is 10.8 Å². The second kappa shape index (κ2) is 26.5. The van der Waals surface area contributed by atoms with Gasteiger partial charge in [0.15, 0.2) is 0 Å². The minimum atomic E-state index is -4.28. The quantitative estimate of drug-likeness (QED) is 0.0800. The molecule has 4 aliphatic rings. The van der Waals surface area contributed by atoms with Gasteiger partial charge in [-0.05, 0) is 148 Å². The number of likely N-dealkylation sites (N-methyl/N-ethyl adjacent to an activating group) is 2. The van der Waals surface area contributed by atoms with E-state index < -0.39 is 103 Å². The number of ether oxygens (including phenoxy) is 1. The Morgan fingerprint density at radius 3 is 1.21 bits per heavy atom. The van der Waals surface area contributed by atoms with Crippen molar-refractivity contribution in [1.82, 2.24) is 50.3 Å². The van der Waals surface area contributed by atoms with E-state index >= 15 is 0 Å². The monoisotopic (exact) mass is 1210 g/mol. The number of nitrogens with one attached hydrogen (secondary N) is 6. The molecule has 85 heavy (non-hydrogen) atoms. The van der Waals surface area contributed by atoms with E-state index in [1.807, 2.05) is 90.1 Å². The predicted molar refractivity (Wildman–Crippen MR) is 322 cm³/mol. The maximum Gasteiger partial charge on any atom is 0.246 e. The lowest BCUT2D eigenvalue weighted by Gasteiger charge is -2.43. The highest BCUT2D eigenvalue weighted by molar-refractivity contribution is 7.89. The minimum absolute atomic E-state index is 0.0956. The van der Waals surface area contributed by atoms with Crippen LogP contribution in [0.5, 0.6) is 11.5 Å². The van der Waals surface area contributed by atoms with Crippen molar-refractivity contribution >= 4 is 55.5 Å². The lowest BCUT2D eigenvalue weighted by Crippen LogP contribution is -2.66. The van der Waals surface area contributed by atoms with Gasteiger partial charge in [-0.2, -0.15) is 8.61 Å². The Balaban J connectivity index is 0.977. The molecule has 2 fully saturated rings. The Kier molecular flexibility index (Phi) is 20.0. The highest BCUT2D eigenvalue weighted by atomic mass is 32.2. The Hall–Kier alpha value is -6.76. The highest BCUT2D eigenvalue weighted by Crippen LogP contribution is 2.35. The lowest BCUT2D eigenvalue weighted by atomic mass is 9.85. The van der Waals surface area contributed by atoms with E-state index in [9.17, 15) is 45.6 Å². The third kappa shape index (κ3) is 14.6. The van der Waals surface area contributed by atoms with Crippen LogP contribution in [-0.2, 0) is 61.7 Å². The molecule has 21 nitrogen and oxygen atoms in total. The molecule has 460 valence electrons. The Bertz CT molecular complexity index is 3110. The van der Waals surface area contributed by atoms with Crippen LogP contribution in [0.25, 0.3) is 0 Å². The van der Waals surface area contributed by atoms with Crippen molar-refractivity contribution < 1.29 is 50.3 Å². The smallest absolute Gasteiger partial charge is 0.246 e. The first kappa shape index (κ1) is 64.2. The van der Waals surface area contributed by atoms with Gasteiger partial charge in [0.2, 0.25) is 55.5 Å². The number of benzene rings is 4. The zero-order valence-electron chi connectivity index (χ0n) is 50.4. The van der Waals surface area contributed by atoms with Gasteiger partial charge in [-0.1, -0.05) is 90.1 Å². The molecule has 2 aliphatic heterocycles. The fourth-order valence-corrected chi connectivity index (χ4v) is 14.4. The zero-order chi connectivity index (χ0) is 61.8. The largest absolute Gasteiger partial charge is 0.457 e. The molecule has 8 atom stereocenters. The Morgan fingerprint density at radius 1 is 0.518 bits per heavy atom. The molecule has 6 amide bonds. The van der Waals surface area contributed by atoms with Gasteiger partial charge in [-0.3, -0.25) is 28.8 Å². The third-order valence-corrected chi connectivity index (χ3v) is 20.6. The van der Waals surface area contributed by atoms with E-state index in [0.29, 0.717) is 12.8 Å². The average molecular weight is 1210 g/mol. The summed E-state index contributed by atoms with van der Waals surface area (Å²) in [4.78, 5) is 87.4. The number of nitrogens with zero attached hydrogens (tertiary/aromatic N) is 4. The first-order valence-electron chi connectivity index (χ1n) is 29.3. The molecule has 2 aliphatic carbocycles. The van der Waals surface area contributed by atoms with E-state index in [2.05, 4.69) is 31.9 Å². The molecule has 23 heteroatoms. The SMILES string of the molecule is CN[C@@H](C)C(=O)N[C@H](C(=O)N1CCN(S(=O)(=O)c2ccc(Oc3ccc(S(=O)(=O)N4CCN(C(=O)[C@@H](NC(=O)[C@H](C)NC)C(C)(C)C)[C@H](C(=O)N[C@@H]5CCCc6ccccc65)C4)cc3)cc2)C[C@H]1C(=O)N[C@@H]1CCCc2ccccc21)C(C)(C)C. The Labute approximate surface area is 500 Å². The van der Waals surface area contributed by atoms with E-state index in [0.717, 1.165) is 47.9 Å². The zero-order valence-corrected chi connectivity index (χ0v) is 52.1. The summed E-state index contributed by atoms with van der Waals surface area (Å²) in [5.41, 5.74) is 2.59. The summed E-state index contributed by atoms with van der Waals surface area (Å²) < 4.78 is 66.5. The maximum absolute atomic E-state index is 14.7. The average Bonchev–Trinajstić information content (AvgIpc) is 1.86. The van der Waals surface area contributed by atoms with Gasteiger partial charge in [-0.15, -0.1) is 0 Å². The molecule has 0 spiro atoms. The van der Waals surface area contributed by atoms with E-state index in [1.165, 1.54) is 66.9 Å². The molecule has 2 saturated heterocycles. The van der Waals surface area contributed by atoms with Crippen molar-refractivity contribution in [3.05, 3.63) is 119 Å². The lowest BCUT2D eigenvalue weighted by molar-refractivity contribution is -0.148. The van der Waals surface area contributed by atoms with Crippen molar-refractivity contribution in [2.45, 2.75) is 152 Å². The molecule has 4 aromatic carbocycles. The number of aryl methyl sites for hydroxylation is 2. The second-order valence-corrected chi connectivity index (χ2v) is 28.7. The molecule has 6 N–H and O–H groups in total. The first-order chi connectivity index (χ1) is 40.1. The van der Waals surface area contributed by atoms with Crippen LogP contribution in [0.1, 0.15) is 115 Å². The van der Waals surface area contributed by atoms with Gasteiger partial charge in [0.1, 0.15) is 35.7 Å². The number of rotatable bonds is 18. The number of carbonyl (C=O) groups excluding carboxylic acids is 6. The van der Waals surface area contributed by atoms with Crippen molar-refractivity contribution in [3.63, 3.8) is 0 Å². The molecule has 2 heterocycles. The fraction of sp³-hybridized carbons (Fsp3) is 0.516. The van der Waals surface area contributed by atoms with Crippen LogP contribution < -0.4 is 36.6 Å². The van der Waals surface area contributed by atoms with E-state index in [1.54, 1.807) is 27.9 Å². The maximum atomic E-state index is 14.7. The summed E-state index contributed by atoms with van der Waals surface area (Å²) >= 11 is 0. The predicted octanol–water partition coefficient (Wildman–Crippen LogP) is 4.55. The molecule has 0 radical (unpaired) electrons. The van der Waals surface area contributed by atoms with Crippen molar-refractivity contribution in [2.75, 3.05) is 53.4 Å². The van der Waals surface area contributed by atoms with Crippen LogP contribution in [0.3, 0.4) is 0 Å². The number of piperazine rings is 2. The molecule has 0 saturated carbocycles. The number of hydrogen-bond acceptors (Lipinski definition) is 13. The summed E-state index contributed by atoms with van der Waals surface area (Å²) in [6, 6.07) is 20.5. The topological polar surface area (TPSA) is 265 Å². The molecule has 0 aromatic heterocycles. The van der Waals surface area contributed by atoms with Crippen LogP contribution in [0.4, 0.5) is 0 Å². The van der Waals surface area contributed by atoms with Gasteiger partial charge in [0, 0.05) is 39.3 Å². The number of hydrogen-bond donors (Lipinski definition) is 6.